The van der Waals surface area contributed by atoms with Crippen molar-refractivity contribution in [3.8, 4) is 0 Å². The number of carbonyl (C=O) groups excluding carboxylic acids is 1. The number of nitrogens with zero attached hydrogens (tertiary/aromatic N) is 2. The number of hydrogen-bond acceptors (Lipinski definition) is 5. The van der Waals surface area contributed by atoms with E-state index in [1.165, 1.54) is 7.05 Å². The lowest BCUT2D eigenvalue weighted by Crippen LogP contribution is -2.46. The maximum absolute atomic E-state index is 11.9. The van der Waals surface area contributed by atoms with E-state index >= 15 is 0 Å². The van der Waals surface area contributed by atoms with Gasteiger partial charge in [0, 0.05) is 19.6 Å². The molecule has 0 atom stereocenters. The monoisotopic (exact) mass is 410 g/mol. The standard InChI is InChI=1S/C19H30N4O4S/c1-4-21-19(23-12-10-16(11-13-23)18(24)27-5-2)22-14-15-6-8-17(9-7-15)28(25,26)20-3/h6-9,16,20H,4-5,10-14H2,1-3H3,(H,21,22). The molecule has 1 saturated heterocycles. The van der Waals surface area contributed by atoms with Crippen molar-refractivity contribution >= 4 is 22.0 Å². The molecule has 0 unspecified atom stereocenters. The second kappa shape index (κ2) is 10.4. The van der Waals surface area contributed by atoms with E-state index < -0.39 is 10.0 Å². The fraction of sp³-hybridized carbons (Fsp3) is 0.579. The lowest BCUT2D eigenvalue weighted by Gasteiger charge is -2.33. The minimum atomic E-state index is -3.43. The van der Waals surface area contributed by atoms with Crippen molar-refractivity contribution in [1.29, 1.82) is 0 Å². The molecule has 1 aliphatic heterocycles. The molecule has 9 heteroatoms. The van der Waals surface area contributed by atoms with Gasteiger partial charge in [-0.15, -0.1) is 0 Å². The first-order valence-corrected chi connectivity index (χ1v) is 11.1. The van der Waals surface area contributed by atoms with Crippen LogP contribution in [0.15, 0.2) is 34.2 Å². The number of guanidine groups is 1. The third kappa shape index (κ3) is 5.93. The van der Waals surface area contributed by atoms with Crippen molar-refractivity contribution < 1.29 is 17.9 Å². The molecule has 0 aromatic heterocycles. The first-order chi connectivity index (χ1) is 13.4. The minimum absolute atomic E-state index is 0.0410. The molecule has 0 aliphatic carbocycles. The molecule has 8 nitrogen and oxygen atoms in total. The fourth-order valence-corrected chi connectivity index (χ4v) is 3.80. The highest BCUT2D eigenvalue weighted by molar-refractivity contribution is 7.89. The van der Waals surface area contributed by atoms with Crippen molar-refractivity contribution in [1.82, 2.24) is 14.9 Å². The largest absolute Gasteiger partial charge is 0.466 e. The van der Waals surface area contributed by atoms with Gasteiger partial charge < -0.3 is 15.0 Å². The summed E-state index contributed by atoms with van der Waals surface area (Å²) >= 11 is 0. The van der Waals surface area contributed by atoms with Crippen molar-refractivity contribution in [2.75, 3.05) is 33.3 Å². The van der Waals surface area contributed by atoms with Crippen LogP contribution in [-0.2, 0) is 26.1 Å². The van der Waals surface area contributed by atoms with E-state index in [0.717, 1.165) is 44.0 Å². The minimum Gasteiger partial charge on any atom is -0.466 e. The summed E-state index contributed by atoms with van der Waals surface area (Å²) in [5.41, 5.74) is 0.923. The number of piperidine rings is 1. The van der Waals surface area contributed by atoms with Crippen molar-refractivity contribution in [3.05, 3.63) is 29.8 Å². The van der Waals surface area contributed by atoms with Crippen LogP contribution in [0.5, 0.6) is 0 Å². The molecule has 1 heterocycles. The van der Waals surface area contributed by atoms with Gasteiger partial charge in [-0.1, -0.05) is 12.1 Å². The Labute approximate surface area is 167 Å². The Morgan fingerprint density at radius 1 is 1.21 bits per heavy atom. The molecule has 0 saturated carbocycles. The fourth-order valence-electron chi connectivity index (χ4n) is 3.07. The maximum atomic E-state index is 11.9. The maximum Gasteiger partial charge on any atom is 0.309 e. The molecule has 0 radical (unpaired) electrons. The molecule has 2 N–H and O–H groups in total. The van der Waals surface area contributed by atoms with Crippen LogP contribution in [0.1, 0.15) is 32.3 Å². The second-order valence-electron chi connectivity index (χ2n) is 6.54. The molecule has 0 amide bonds. The van der Waals surface area contributed by atoms with Gasteiger partial charge in [0.05, 0.1) is 24.0 Å². The summed E-state index contributed by atoms with van der Waals surface area (Å²) in [6.07, 6.45) is 1.50. The van der Waals surface area contributed by atoms with Crippen LogP contribution in [0.3, 0.4) is 0 Å². The highest BCUT2D eigenvalue weighted by Crippen LogP contribution is 2.19. The van der Waals surface area contributed by atoms with Crippen LogP contribution in [0, 0.1) is 5.92 Å². The molecule has 28 heavy (non-hydrogen) atoms. The second-order valence-corrected chi connectivity index (χ2v) is 8.42. The Balaban J connectivity index is 2.00. The van der Waals surface area contributed by atoms with E-state index in [0.29, 0.717) is 13.2 Å². The van der Waals surface area contributed by atoms with Gasteiger partial charge in [-0.2, -0.15) is 0 Å². The van der Waals surface area contributed by atoms with Crippen molar-refractivity contribution in [2.24, 2.45) is 10.9 Å². The summed E-state index contributed by atoms with van der Waals surface area (Å²) in [6, 6.07) is 6.69. The predicted molar refractivity (Wildman–Crippen MR) is 108 cm³/mol. The van der Waals surface area contributed by atoms with E-state index in [1.54, 1.807) is 24.3 Å². The van der Waals surface area contributed by atoms with Crippen LogP contribution >= 0.6 is 0 Å². The van der Waals surface area contributed by atoms with Crippen LogP contribution in [-0.4, -0.2) is 58.5 Å². The average molecular weight is 411 g/mol. The number of ether oxygens (including phenoxy) is 1. The van der Waals surface area contributed by atoms with Gasteiger partial charge in [0.25, 0.3) is 0 Å². The third-order valence-corrected chi connectivity index (χ3v) is 6.09. The number of nitrogens with one attached hydrogen (secondary N) is 2. The number of esters is 1. The van der Waals surface area contributed by atoms with Gasteiger partial charge in [-0.25, -0.2) is 18.1 Å². The summed E-state index contributed by atoms with van der Waals surface area (Å²) in [5, 5.41) is 3.29. The van der Waals surface area contributed by atoms with E-state index in [4.69, 9.17) is 4.74 Å². The topological polar surface area (TPSA) is 100 Å². The number of carbonyl (C=O) groups is 1. The zero-order valence-electron chi connectivity index (χ0n) is 16.8. The summed E-state index contributed by atoms with van der Waals surface area (Å²) in [6.45, 7) is 6.93. The van der Waals surface area contributed by atoms with Crippen LogP contribution in [0.25, 0.3) is 0 Å². The Morgan fingerprint density at radius 3 is 2.39 bits per heavy atom. The first kappa shape index (κ1) is 22.2. The normalized spacial score (nSPS) is 16.1. The van der Waals surface area contributed by atoms with E-state index in [1.807, 2.05) is 13.8 Å². The first-order valence-electron chi connectivity index (χ1n) is 9.63. The quantitative estimate of drug-likeness (QED) is 0.400. The summed E-state index contributed by atoms with van der Waals surface area (Å²) in [4.78, 5) is 19.0. The van der Waals surface area contributed by atoms with Gasteiger partial charge in [0.2, 0.25) is 10.0 Å². The Bertz CT molecular complexity index is 770. The molecular weight excluding hydrogens is 380 g/mol. The zero-order chi connectivity index (χ0) is 20.6. The van der Waals surface area contributed by atoms with Gasteiger partial charge in [-0.3, -0.25) is 4.79 Å². The van der Waals surface area contributed by atoms with Crippen LogP contribution < -0.4 is 10.0 Å². The van der Waals surface area contributed by atoms with Gasteiger partial charge >= 0.3 is 5.97 Å². The lowest BCUT2D eigenvalue weighted by atomic mass is 9.97. The summed E-state index contributed by atoms with van der Waals surface area (Å²) in [5.74, 6) is 0.651. The highest BCUT2D eigenvalue weighted by Gasteiger charge is 2.27. The molecule has 0 bridgehead atoms. The lowest BCUT2D eigenvalue weighted by molar-refractivity contribution is -0.149. The van der Waals surface area contributed by atoms with E-state index in [9.17, 15) is 13.2 Å². The number of hydrogen-bond donors (Lipinski definition) is 2. The number of benzene rings is 1. The number of aliphatic imine (C=N–C) groups is 1. The molecule has 1 fully saturated rings. The average Bonchev–Trinajstić information content (AvgIpc) is 2.71. The van der Waals surface area contributed by atoms with Gasteiger partial charge in [-0.05, 0) is 51.4 Å². The van der Waals surface area contributed by atoms with Gasteiger partial charge in [0.15, 0.2) is 5.96 Å². The predicted octanol–water partition coefficient (Wildman–Crippen LogP) is 1.34. The molecule has 156 valence electrons. The molecular formula is C19H30N4O4S. The van der Waals surface area contributed by atoms with Crippen molar-refractivity contribution in [2.45, 2.75) is 38.1 Å². The number of likely N-dealkylation sites (tertiary alicyclic amines) is 1. The summed E-state index contributed by atoms with van der Waals surface area (Å²) in [7, 11) is -2.04. The van der Waals surface area contributed by atoms with Gasteiger partial charge in [0.1, 0.15) is 0 Å². The van der Waals surface area contributed by atoms with Crippen molar-refractivity contribution in [3.63, 3.8) is 0 Å². The Kier molecular flexibility index (Phi) is 8.25. The number of sulfonamides is 1. The van der Waals surface area contributed by atoms with E-state index in [-0.39, 0.29) is 16.8 Å². The summed E-state index contributed by atoms with van der Waals surface area (Å²) < 4.78 is 31.0. The Morgan fingerprint density at radius 2 is 1.86 bits per heavy atom. The Hall–Kier alpha value is -2.13. The third-order valence-electron chi connectivity index (χ3n) is 4.66. The highest BCUT2D eigenvalue weighted by atomic mass is 32.2. The molecule has 1 aromatic rings. The molecule has 2 rings (SSSR count). The number of rotatable bonds is 7. The SMILES string of the molecule is CCNC(=NCc1ccc(S(=O)(=O)NC)cc1)N1CCC(C(=O)OCC)CC1. The molecule has 1 aromatic carbocycles. The van der Waals surface area contributed by atoms with Crippen LogP contribution in [0.2, 0.25) is 0 Å². The zero-order valence-corrected chi connectivity index (χ0v) is 17.6. The molecule has 0 spiro atoms. The smallest absolute Gasteiger partial charge is 0.309 e. The van der Waals surface area contributed by atoms with E-state index in [2.05, 4.69) is 19.9 Å². The molecule has 1 aliphatic rings. The van der Waals surface area contributed by atoms with Crippen LogP contribution in [0.4, 0.5) is 0 Å².